The van der Waals surface area contributed by atoms with Crippen LogP contribution in [0.5, 0.6) is 0 Å². The van der Waals surface area contributed by atoms with Crippen LogP contribution in [0.15, 0.2) is 18.3 Å². The number of carbonyl (C=O) groups is 1. The summed E-state index contributed by atoms with van der Waals surface area (Å²) >= 11 is 0. The van der Waals surface area contributed by atoms with Gasteiger partial charge in [-0.25, -0.2) is 9.78 Å². The predicted octanol–water partition coefficient (Wildman–Crippen LogP) is 1.91. The molecule has 1 aliphatic rings. The van der Waals surface area contributed by atoms with Crippen LogP contribution in [0.4, 0.5) is 0 Å². The Hall–Kier alpha value is -1.88. The summed E-state index contributed by atoms with van der Waals surface area (Å²) in [4.78, 5) is 15.3. The molecular weight excluding hydrogens is 242 g/mol. The smallest absolute Gasteiger partial charge is 0.354 e. The van der Waals surface area contributed by atoms with Gasteiger partial charge in [-0.1, -0.05) is 0 Å². The average molecular weight is 259 g/mol. The first-order chi connectivity index (χ1) is 8.98. The maximum absolute atomic E-state index is 11.2. The van der Waals surface area contributed by atoms with Gasteiger partial charge in [-0.2, -0.15) is 0 Å². The Balaban J connectivity index is 2.02. The van der Waals surface area contributed by atoms with E-state index < -0.39 is 5.97 Å². The molecule has 0 amide bonds. The number of aryl methyl sites for hydroxylation is 1. The molecule has 1 saturated carbocycles. The lowest BCUT2D eigenvalue weighted by atomic mass is 10.1. The largest absolute Gasteiger partial charge is 0.477 e. The van der Waals surface area contributed by atoms with Crippen LogP contribution in [0.2, 0.25) is 0 Å². The van der Waals surface area contributed by atoms with E-state index in [1.807, 2.05) is 23.9 Å². The molecule has 2 aromatic rings. The van der Waals surface area contributed by atoms with Gasteiger partial charge in [0.2, 0.25) is 0 Å². The molecule has 0 aromatic carbocycles. The minimum atomic E-state index is -0.984. The molecule has 2 N–H and O–H groups in total. The number of rotatable bonds is 4. The molecule has 0 bridgehead atoms. The van der Waals surface area contributed by atoms with E-state index in [-0.39, 0.29) is 11.2 Å². The maximum Gasteiger partial charge on any atom is 0.354 e. The van der Waals surface area contributed by atoms with Crippen molar-refractivity contribution < 1.29 is 9.90 Å². The Morgan fingerprint density at radius 3 is 2.95 bits per heavy atom. The van der Waals surface area contributed by atoms with Crippen LogP contribution in [0.3, 0.4) is 0 Å². The number of nitrogens with one attached hydrogen (secondary N) is 1. The van der Waals surface area contributed by atoms with Crippen molar-refractivity contribution >= 4 is 17.0 Å². The van der Waals surface area contributed by atoms with Crippen molar-refractivity contribution in [1.82, 2.24) is 14.9 Å². The van der Waals surface area contributed by atoms with Crippen LogP contribution in [-0.4, -0.2) is 26.2 Å². The molecule has 2 aromatic heterocycles. The van der Waals surface area contributed by atoms with Crippen molar-refractivity contribution in [2.45, 2.75) is 31.8 Å². The zero-order valence-corrected chi connectivity index (χ0v) is 11.1. The molecule has 0 saturated heterocycles. The van der Waals surface area contributed by atoms with Crippen LogP contribution in [0.25, 0.3) is 11.0 Å². The fourth-order valence-electron chi connectivity index (χ4n) is 2.23. The van der Waals surface area contributed by atoms with Gasteiger partial charge in [-0.15, -0.1) is 0 Å². The Labute approximate surface area is 111 Å². The summed E-state index contributed by atoms with van der Waals surface area (Å²) in [6.45, 7) is 2.87. The first-order valence-electron chi connectivity index (χ1n) is 6.42. The molecule has 1 fully saturated rings. The van der Waals surface area contributed by atoms with E-state index in [0.717, 1.165) is 16.6 Å². The summed E-state index contributed by atoms with van der Waals surface area (Å²) in [6.07, 6.45) is 4.27. The minimum Gasteiger partial charge on any atom is -0.477 e. The van der Waals surface area contributed by atoms with E-state index in [0.29, 0.717) is 6.54 Å². The first kappa shape index (κ1) is 12.2. The highest BCUT2D eigenvalue weighted by molar-refractivity contribution is 5.90. The summed E-state index contributed by atoms with van der Waals surface area (Å²) < 4.78 is 1.85. The van der Waals surface area contributed by atoms with E-state index in [1.54, 1.807) is 6.07 Å². The number of nitrogens with zero attached hydrogens (tertiary/aromatic N) is 2. The monoisotopic (exact) mass is 259 g/mol. The van der Waals surface area contributed by atoms with Crippen molar-refractivity contribution in [3.63, 3.8) is 0 Å². The minimum absolute atomic E-state index is 0.104. The fraction of sp³-hybridized carbons (Fsp3) is 0.429. The topological polar surface area (TPSA) is 67.2 Å². The number of pyridine rings is 1. The van der Waals surface area contributed by atoms with Crippen molar-refractivity contribution in [1.29, 1.82) is 0 Å². The molecule has 19 heavy (non-hydrogen) atoms. The molecular formula is C14H17N3O2. The molecule has 100 valence electrons. The third-order valence-corrected chi connectivity index (χ3v) is 3.85. The van der Waals surface area contributed by atoms with Gasteiger partial charge in [0.1, 0.15) is 5.65 Å². The van der Waals surface area contributed by atoms with Gasteiger partial charge >= 0.3 is 5.97 Å². The Kier molecular flexibility index (Phi) is 2.60. The Morgan fingerprint density at radius 2 is 2.32 bits per heavy atom. The lowest BCUT2D eigenvalue weighted by Crippen LogP contribution is -2.27. The quantitative estimate of drug-likeness (QED) is 0.880. The molecule has 2 heterocycles. The van der Waals surface area contributed by atoms with Gasteiger partial charge < -0.3 is 15.0 Å². The van der Waals surface area contributed by atoms with Gasteiger partial charge in [0.25, 0.3) is 0 Å². The molecule has 0 atom stereocenters. The SMILES string of the molecule is Cn1ccc2c(CNC3(C)CC3)cc(C(=O)O)nc21. The highest BCUT2D eigenvalue weighted by atomic mass is 16.4. The number of carboxylic acid groups (broad SMARTS) is 1. The number of aromatic carboxylic acids is 1. The van der Waals surface area contributed by atoms with E-state index in [1.165, 1.54) is 12.8 Å². The third kappa shape index (κ3) is 2.21. The number of fused-ring (bicyclic) bond motifs is 1. The molecule has 1 aliphatic carbocycles. The lowest BCUT2D eigenvalue weighted by molar-refractivity contribution is 0.0690. The van der Waals surface area contributed by atoms with E-state index in [9.17, 15) is 4.79 Å². The predicted molar refractivity (Wildman–Crippen MR) is 72.2 cm³/mol. The molecule has 0 unspecified atom stereocenters. The molecule has 0 aliphatic heterocycles. The van der Waals surface area contributed by atoms with E-state index >= 15 is 0 Å². The molecule has 3 rings (SSSR count). The van der Waals surface area contributed by atoms with Gasteiger partial charge in [-0.3, -0.25) is 0 Å². The summed E-state index contributed by atoms with van der Waals surface area (Å²) in [5, 5.41) is 13.7. The Morgan fingerprint density at radius 1 is 1.58 bits per heavy atom. The second-order valence-electron chi connectivity index (χ2n) is 5.55. The standard InChI is InChI=1S/C14H17N3O2/c1-14(4-5-14)15-8-9-7-11(13(18)19)16-12-10(9)3-6-17(12)2/h3,6-7,15H,4-5,8H2,1-2H3,(H,18,19). The molecule has 5 heteroatoms. The first-order valence-corrected chi connectivity index (χ1v) is 6.42. The van der Waals surface area contributed by atoms with Crippen LogP contribution >= 0.6 is 0 Å². The number of aromatic nitrogens is 2. The third-order valence-electron chi connectivity index (χ3n) is 3.85. The molecule has 0 radical (unpaired) electrons. The zero-order valence-electron chi connectivity index (χ0n) is 11.1. The van der Waals surface area contributed by atoms with Gasteiger partial charge in [0.05, 0.1) is 0 Å². The van der Waals surface area contributed by atoms with Crippen molar-refractivity contribution in [2.24, 2.45) is 7.05 Å². The summed E-state index contributed by atoms with van der Waals surface area (Å²) in [5.74, 6) is -0.984. The van der Waals surface area contributed by atoms with Gasteiger partial charge in [-0.05, 0) is 37.5 Å². The van der Waals surface area contributed by atoms with E-state index in [4.69, 9.17) is 5.11 Å². The number of hydrogen-bond acceptors (Lipinski definition) is 3. The van der Waals surface area contributed by atoms with Crippen molar-refractivity contribution in [3.05, 3.63) is 29.6 Å². The Bertz CT molecular complexity index is 656. The van der Waals surface area contributed by atoms with Crippen LogP contribution in [0, 0.1) is 0 Å². The highest BCUT2D eigenvalue weighted by Crippen LogP contribution is 2.35. The van der Waals surface area contributed by atoms with Crippen LogP contribution in [-0.2, 0) is 13.6 Å². The van der Waals surface area contributed by atoms with Gasteiger partial charge in [0.15, 0.2) is 5.69 Å². The van der Waals surface area contributed by atoms with E-state index in [2.05, 4.69) is 17.2 Å². The zero-order chi connectivity index (χ0) is 13.6. The molecule has 5 nitrogen and oxygen atoms in total. The highest BCUT2D eigenvalue weighted by Gasteiger charge is 2.36. The summed E-state index contributed by atoms with van der Waals surface area (Å²) in [7, 11) is 1.88. The van der Waals surface area contributed by atoms with Gasteiger partial charge in [0, 0.05) is 30.7 Å². The van der Waals surface area contributed by atoms with Crippen molar-refractivity contribution in [3.8, 4) is 0 Å². The normalized spacial score (nSPS) is 16.7. The lowest BCUT2D eigenvalue weighted by Gasteiger charge is -2.12. The second kappa shape index (κ2) is 4.06. The number of carboxylic acids is 1. The second-order valence-corrected chi connectivity index (χ2v) is 5.55. The average Bonchev–Trinajstić information content (AvgIpc) is 3.00. The fourth-order valence-corrected chi connectivity index (χ4v) is 2.23. The summed E-state index contributed by atoms with van der Waals surface area (Å²) in [6, 6.07) is 3.66. The maximum atomic E-state index is 11.2. The molecule has 0 spiro atoms. The summed E-state index contributed by atoms with van der Waals surface area (Å²) in [5.41, 5.74) is 2.05. The number of hydrogen-bond donors (Lipinski definition) is 2. The van der Waals surface area contributed by atoms with Crippen LogP contribution in [0.1, 0.15) is 35.8 Å². The van der Waals surface area contributed by atoms with Crippen LogP contribution < -0.4 is 5.32 Å². The van der Waals surface area contributed by atoms with Crippen molar-refractivity contribution in [2.75, 3.05) is 0 Å².